The Bertz CT molecular complexity index is 177. The van der Waals surface area contributed by atoms with Crippen molar-refractivity contribution in [3.63, 3.8) is 0 Å². The van der Waals surface area contributed by atoms with Crippen molar-refractivity contribution in [3.8, 4) is 0 Å². The van der Waals surface area contributed by atoms with Crippen molar-refractivity contribution < 1.29 is 18.3 Å². The molecule has 84 valence electrons. The van der Waals surface area contributed by atoms with Crippen LogP contribution in [0.25, 0.3) is 0 Å². The van der Waals surface area contributed by atoms with Gasteiger partial charge < -0.3 is 4.74 Å². The van der Waals surface area contributed by atoms with Crippen LogP contribution in [0.4, 0.5) is 8.78 Å². The van der Waals surface area contributed by atoms with E-state index in [0.717, 1.165) is 17.5 Å². The normalized spacial score (nSPS) is 11.4. The smallest absolute Gasteiger partial charge is 0.377 e. The van der Waals surface area contributed by atoms with Gasteiger partial charge in [-0.25, -0.2) is 4.79 Å². The van der Waals surface area contributed by atoms with Gasteiger partial charge in [0.25, 0.3) is 0 Å². The number of esters is 1. The molecule has 0 atom stereocenters. The molecule has 14 heavy (non-hydrogen) atoms. The first-order chi connectivity index (χ1) is 6.54. The van der Waals surface area contributed by atoms with Crippen LogP contribution in [0, 0.1) is 0 Å². The summed E-state index contributed by atoms with van der Waals surface area (Å²) in [4.78, 5) is 10.7. The molecule has 0 unspecified atom stereocenters. The highest BCUT2D eigenvalue weighted by molar-refractivity contribution is 8.02. The molecule has 0 saturated carbocycles. The molecule has 0 amide bonds. The molecule has 0 aromatic carbocycles. The molecule has 6 heteroatoms. The fraction of sp³-hybridized carbons (Fsp3) is 0.875. The zero-order chi connectivity index (χ0) is 11.0. The van der Waals surface area contributed by atoms with Crippen molar-refractivity contribution in [1.82, 2.24) is 0 Å². The maximum Gasteiger partial charge on any atom is 0.377 e. The molecule has 0 rings (SSSR count). The van der Waals surface area contributed by atoms with Crippen molar-refractivity contribution in [1.29, 1.82) is 0 Å². The first kappa shape index (κ1) is 14.0. The van der Waals surface area contributed by atoms with E-state index in [4.69, 9.17) is 0 Å². The first-order valence-electron chi connectivity index (χ1n) is 4.16. The molecular formula is C8H14F2O2S2. The molecule has 0 aliphatic rings. The van der Waals surface area contributed by atoms with Crippen molar-refractivity contribution in [2.75, 3.05) is 30.1 Å². The van der Waals surface area contributed by atoms with Gasteiger partial charge in [0.2, 0.25) is 0 Å². The molecular weight excluding hydrogens is 230 g/mol. The first-order valence-corrected chi connectivity index (χ1v) is 6.71. The molecule has 0 spiro atoms. The quantitative estimate of drug-likeness (QED) is 0.507. The summed E-state index contributed by atoms with van der Waals surface area (Å²) in [7, 11) is 0. The number of carbonyl (C=O) groups excluding carboxylic acids is 1. The van der Waals surface area contributed by atoms with E-state index in [0.29, 0.717) is 5.75 Å². The second-order valence-corrected chi connectivity index (χ2v) is 4.56. The fourth-order valence-electron chi connectivity index (χ4n) is 0.638. The van der Waals surface area contributed by atoms with Gasteiger partial charge in [-0.3, -0.25) is 0 Å². The van der Waals surface area contributed by atoms with Crippen LogP contribution in [-0.2, 0) is 9.53 Å². The molecule has 0 N–H and O–H groups in total. The Morgan fingerprint density at radius 2 is 2.07 bits per heavy atom. The molecule has 0 saturated heterocycles. The maximum absolute atomic E-state index is 12.9. The minimum absolute atomic E-state index is 0.0100. The molecule has 0 radical (unpaired) electrons. The van der Waals surface area contributed by atoms with Gasteiger partial charge in [-0.15, -0.1) is 0 Å². The van der Waals surface area contributed by atoms with Crippen LogP contribution < -0.4 is 0 Å². The lowest BCUT2D eigenvalue weighted by atomic mass is 10.4. The lowest BCUT2D eigenvalue weighted by molar-refractivity contribution is -0.167. The van der Waals surface area contributed by atoms with E-state index in [1.54, 1.807) is 11.8 Å². The van der Waals surface area contributed by atoms with E-state index in [9.17, 15) is 13.6 Å². The van der Waals surface area contributed by atoms with Gasteiger partial charge in [0.05, 0.1) is 12.4 Å². The van der Waals surface area contributed by atoms with Crippen molar-refractivity contribution in [2.45, 2.75) is 12.8 Å². The third-order valence-electron chi connectivity index (χ3n) is 1.29. The second kappa shape index (κ2) is 7.34. The summed E-state index contributed by atoms with van der Waals surface area (Å²) < 4.78 is 30.1. The van der Waals surface area contributed by atoms with E-state index in [2.05, 4.69) is 4.74 Å². The molecule has 0 aromatic heterocycles. The number of hydrogen-bond donors (Lipinski definition) is 0. The maximum atomic E-state index is 12.9. The SMILES string of the molecule is CCOC(=O)C(F)(F)CSCCSC. The largest absolute Gasteiger partial charge is 0.462 e. The van der Waals surface area contributed by atoms with Crippen LogP contribution >= 0.6 is 23.5 Å². The number of rotatable bonds is 7. The second-order valence-electron chi connectivity index (χ2n) is 2.47. The predicted octanol–water partition coefficient (Wildman–Crippen LogP) is 2.28. The van der Waals surface area contributed by atoms with E-state index in [-0.39, 0.29) is 6.61 Å². The Morgan fingerprint density at radius 1 is 1.43 bits per heavy atom. The van der Waals surface area contributed by atoms with Crippen LogP contribution in [0.2, 0.25) is 0 Å². The number of ether oxygens (including phenoxy) is 1. The fourth-order valence-corrected chi connectivity index (χ4v) is 2.29. The van der Waals surface area contributed by atoms with Crippen LogP contribution in [0.1, 0.15) is 6.92 Å². The average Bonchev–Trinajstić information content (AvgIpc) is 2.13. The Balaban J connectivity index is 3.76. The summed E-state index contributed by atoms with van der Waals surface area (Å²) in [6.07, 6.45) is 1.91. The Morgan fingerprint density at radius 3 is 2.57 bits per heavy atom. The van der Waals surface area contributed by atoms with Crippen molar-refractivity contribution >= 4 is 29.5 Å². The summed E-state index contributed by atoms with van der Waals surface area (Å²) in [5.41, 5.74) is 0. The van der Waals surface area contributed by atoms with Gasteiger partial charge in [-0.1, -0.05) is 0 Å². The van der Waals surface area contributed by atoms with E-state index in [1.807, 2.05) is 6.26 Å². The summed E-state index contributed by atoms with van der Waals surface area (Å²) >= 11 is 2.66. The monoisotopic (exact) mass is 244 g/mol. The minimum Gasteiger partial charge on any atom is -0.462 e. The summed E-state index contributed by atoms with van der Waals surface area (Å²) in [6, 6.07) is 0. The topological polar surface area (TPSA) is 26.3 Å². The molecule has 0 heterocycles. The summed E-state index contributed by atoms with van der Waals surface area (Å²) in [5, 5.41) is 0. The molecule has 0 aromatic rings. The highest BCUT2D eigenvalue weighted by Crippen LogP contribution is 2.22. The van der Waals surface area contributed by atoms with Gasteiger partial charge in [0.15, 0.2) is 0 Å². The Kier molecular flexibility index (Phi) is 7.35. The standard InChI is InChI=1S/C8H14F2O2S2/c1-3-12-7(11)8(9,10)6-14-5-4-13-2/h3-6H2,1-2H3. The third kappa shape index (κ3) is 5.70. The number of alkyl halides is 2. The van der Waals surface area contributed by atoms with E-state index in [1.165, 1.54) is 6.92 Å². The van der Waals surface area contributed by atoms with Gasteiger partial charge in [0.1, 0.15) is 0 Å². The van der Waals surface area contributed by atoms with Gasteiger partial charge in [0, 0.05) is 11.5 Å². The Hall–Kier alpha value is 0.0300. The zero-order valence-corrected chi connectivity index (χ0v) is 9.85. The number of halogens is 2. The number of hydrogen-bond acceptors (Lipinski definition) is 4. The number of carbonyl (C=O) groups is 1. The third-order valence-corrected chi connectivity index (χ3v) is 3.22. The summed E-state index contributed by atoms with van der Waals surface area (Å²) in [6.45, 7) is 1.50. The van der Waals surface area contributed by atoms with Crippen molar-refractivity contribution in [3.05, 3.63) is 0 Å². The van der Waals surface area contributed by atoms with Crippen LogP contribution in [0.3, 0.4) is 0 Å². The van der Waals surface area contributed by atoms with Gasteiger partial charge in [-0.2, -0.15) is 32.3 Å². The predicted molar refractivity (Wildman–Crippen MR) is 57.3 cm³/mol. The highest BCUT2D eigenvalue weighted by Gasteiger charge is 2.40. The van der Waals surface area contributed by atoms with Crippen LogP contribution in [-0.4, -0.2) is 42.0 Å². The summed E-state index contributed by atoms with van der Waals surface area (Å²) in [5.74, 6) is -3.83. The van der Waals surface area contributed by atoms with Crippen LogP contribution in [0.15, 0.2) is 0 Å². The molecule has 0 aliphatic heterocycles. The molecule has 2 nitrogen and oxygen atoms in total. The minimum atomic E-state index is -3.35. The van der Waals surface area contributed by atoms with Crippen LogP contribution in [0.5, 0.6) is 0 Å². The van der Waals surface area contributed by atoms with Gasteiger partial charge >= 0.3 is 11.9 Å². The Labute approximate surface area is 91.1 Å². The number of thioether (sulfide) groups is 2. The van der Waals surface area contributed by atoms with E-state index < -0.39 is 17.6 Å². The lowest BCUT2D eigenvalue weighted by Gasteiger charge is -2.13. The molecule has 0 fully saturated rings. The lowest BCUT2D eigenvalue weighted by Crippen LogP contribution is -2.33. The molecule has 0 bridgehead atoms. The van der Waals surface area contributed by atoms with Crippen molar-refractivity contribution in [2.24, 2.45) is 0 Å². The van der Waals surface area contributed by atoms with Gasteiger partial charge in [-0.05, 0) is 13.2 Å². The zero-order valence-electron chi connectivity index (χ0n) is 8.22. The average molecular weight is 244 g/mol. The highest BCUT2D eigenvalue weighted by atomic mass is 32.2. The molecule has 0 aliphatic carbocycles. The van der Waals surface area contributed by atoms with E-state index >= 15 is 0 Å².